The van der Waals surface area contributed by atoms with Crippen LogP contribution in [-0.4, -0.2) is 52.9 Å². The number of carbonyl (C=O) groups excluding carboxylic acids is 1. The molecule has 3 heterocycles. The second-order valence-corrected chi connectivity index (χ2v) is 6.92. The first-order chi connectivity index (χ1) is 14.0. The molecule has 4 rings (SSSR count). The van der Waals surface area contributed by atoms with E-state index in [1.54, 1.807) is 11.1 Å². The molecule has 1 amide bonds. The molecule has 12 heteroatoms. The molecule has 2 aliphatic rings. The highest BCUT2D eigenvalue weighted by molar-refractivity contribution is 5.90. The number of carbonyl (C=O) groups is 1. The summed E-state index contributed by atoms with van der Waals surface area (Å²) >= 11 is 0. The van der Waals surface area contributed by atoms with Gasteiger partial charge in [-0.1, -0.05) is 10.3 Å². The van der Waals surface area contributed by atoms with Crippen LogP contribution in [-0.2, 0) is 11.3 Å². The molecule has 2 aliphatic heterocycles. The van der Waals surface area contributed by atoms with Gasteiger partial charge in [-0.25, -0.2) is 18.3 Å². The molecule has 1 aromatic heterocycles. The number of amides is 1. The van der Waals surface area contributed by atoms with Crippen LogP contribution in [0.15, 0.2) is 29.6 Å². The van der Waals surface area contributed by atoms with E-state index in [4.69, 9.17) is 10.3 Å². The Labute approximate surface area is 164 Å². The SMILES string of the molecule is [N-]=[N+]=NC1CCN(c2c(F)cc(N3C[C@H](Cn4ccnn4)OC3=O)cc2F)CC1. The number of halogens is 2. The predicted octanol–water partition coefficient (Wildman–Crippen LogP) is 2.86. The Bertz CT molecular complexity index is 916. The van der Waals surface area contributed by atoms with Gasteiger partial charge < -0.3 is 9.64 Å². The standard InChI is InChI=1S/C17H18F2N8O2/c18-14-7-12(27-10-13(29-17(27)28)9-26-6-3-21-24-26)8-15(19)16(14)25-4-1-11(2-5-25)22-23-20/h3,6-8,11,13H,1-2,4-5,9-10H2/t13-/m0/s1. The molecule has 0 aliphatic carbocycles. The number of hydrogen-bond acceptors (Lipinski definition) is 6. The van der Waals surface area contributed by atoms with Crippen molar-refractivity contribution in [3.05, 3.63) is 46.6 Å². The number of azide groups is 1. The van der Waals surface area contributed by atoms with Crippen molar-refractivity contribution in [3.8, 4) is 0 Å². The number of cyclic esters (lactones) is 1. The first-order valence-electron chi connectivity index (χ1n) is 9.15. The summed E-state index contributed by atoms with van der Waals surface area (Å²) in [4.78, 5) is 17.8. The quantitative estimate of drug-likeness (QED) is 0.432. The maximum atomic E-state index is 14.8. The van der Waals surface area contributed by atoms with Crippen molar-refractivity contribution in [2.24, 2.45) is 5.11 Å². The van der Waals surface area contributed by atoms with Gasteiger partial charge in [0.05, 0.1) is 25.0 Å². The molecule has 2 aromatic rings. The topological polar surface area (TPSA) is 112 Å². The summed E-state index contributed by atoms with van der Waals surface area (Å²) in [5, 5.41) is 11.2. The number of hydrogen-bond donors (Lipinski definition) is 0. The highest BCUT2D eigenvalue weighted by Crippen LogP contribution is 2.32. The van der Waals surface area contributed by atoms with Gasteiger partial charge in [0.15, 0.2) is 11.6 Å². The zero-order valence-corrected chi connectivity index (χ0v) is 15.4. The molecule has 2 fully saturated rings. The zero-order chi connectivity index (χ0) is 20.4. The van der Waals surface area contributed by atoms with Crippen LogP contribution < -0.4 is 9.80 Å². The minimum Gasteiger partial charge on any atom is -0.442 e. The van der Waals surface area contributed by atoms with Gasteiger partial charge >= 0.3 is 6.09 Å². The molecule has 10 nitrogen and oxygen atoms in total. The van der Waals surface area contributed by atoms with Crippen LogP contribution in [0.25, 0.3) is 10.4 Å². The Hall–Kier alpha value is -3.40. The van der Waals surface area contributed by atoms with Gasteiger partial charge in [-0.3, -0.25) is 4.90 Å². The number of nitrogens with zero attached hydrogens (tertiary/aromatic N) is 8. The van der Waals surface area contributed by atoms with E-state index in [1.807, 2.05) is 0 Å². The van der Waals surface area contributed by atoms with Gasteiger partial charge in [0.25, 0.3) is 0 Å². The summed E-state index contributed by atoms with van der Waals surface area (Å²) in [6.07, 6.45) is 3.01. The van der Waals surface area contributed by atoms with Crippen molar-refractivity contribution in [3.63, 3.8) is 0 Å². The maximum Gasteiger partial charge on any atom is 0.414 e. The average molecular weight is 404 g/mol. The van der Waals surface area contributed by atoms with Crippen LogP contribution in [0.4, 0.5) is 25.0 Å². The minimum absolute atomic E-state index is 0.0961. The van der Waals surface area contributed by atoms with E-state index in [9.17, 15) is 13.6 Å². The van der Waals surface area contributed by atoms with E-state index >= 15 is 0 Å². The van der Waals surface area contributed by atoms with Gasteiger partial charge in [0, 0.05) is 42.4 Å². The summed E-state index contributed by atoms with van der Waals surface area (Å²) in [6.45, 7) is 1.20. The summed E-state index contributed by atoms with van der Waals surface area (Å²) in [7, 11) is 0. The Morgan fingerprint density at radius 3 is 2.62 bits per heavy atom. The number of rotatable bonds is 5. The molecule has 0 spiro atoms. The van der Waals surface area contributed by atoms with Crippen LogP contribution in [0.5, 0.6) is 0 Å². The van der Waals surface area contributed by atoms with Crippen LogP contribution in [0.1, 0.15) is 12.8 Å². The van der Waals surface area contributed by atoms with Crippen LogP contribution in [0.2, 0.25) is 0 Å². The molecule has 0 bridgehead atoms. The van der Waals surface area contributed by atoms with Gasteiger partial charge in [-0.2, -0.15) is 0 Å². The molecule has 29 heavy (non-hydrogen) atoms. The molecular weight excluding hydrogens is 386 g/mol. The van der Waals surface area contributed by atoms with E-state index in [2.05, 4.69) is 20.3 Å². The minimum atomic E-state index is -0.755. The molecule has 2 saturated heterocycles. The van der Waals surface area contributed by atoms with Crippen LogP contribution >= 0.6 is 0 Å². The fourth-order valence-electron chi connectivity index (χ4n) is 3.65. The Morgan fingerprint density at radius 1 is 1.28 bits per heavy atom. The van der Waals surface area contributed by atoms with Crippen molar-refractivity contribution in [1.29, 1.82) is 0 Å². The first-order valence-corrected chi connectivity index (χ1v) is 9.15. The van der Waals surface area contributed by atoms with Crippen LogP contribution in [0.3, 0.4) is 0 Å². The number of anilines is 2. The lowest BCUT2D eigenvalue weighted by Crippen LogP contribution is -2.36. The maximum absolute atomic E-state index is 14.8. The van der Waals surface area contributed by atoms with E-state index < -0.39 is 23.8 Å². The summed E-state index contributed by atoms with van der Waals surface area (Å²) < 4.78 is 36.3. The molecule has 0 N–H and O–H groups in total. The summed E-state index contributed by atoms with van der Waals surface area (Å²) in [6, 6.07) is 2.11. The Kier molecular flexibility index (Phi) is 5.17. The van der Waals surface area contributed by atoms with Crippen molar-refractivity contribution < 1.29 is 18.3 Å². The fourth-order valence-corrected chi connectivity index (χ4v) is 3.65. The molecule has 0 unspecified atom stereocenters. The molecule has 1 atom stereocenters. The van der Waals surface area contributed by atoms with Crippen LogP contribution in [0, 0.1) is 11.6 Å². The molecule has 0 radical (unpaired) electrons. The third kappa shape index (κ3) is 3.92. The Morgan fingerprint density at radius 2 is 2.00 bits per heavy atom. The van der Waals surface area contributed by atoms with E-state index in [-0.39, 0.29) is 24.0 Å². The van der Waals surface area contributed by atoms with Gasteiger partial charge in [-0.15, -0.1) is 5.10 Å². The number of benzene rings is 1. The number of piperidine rings is 1. The van der Waals surface area contributed by atoms with E-state index in [0.717, 1.165) is 12.1 Å². The molecule has 0 saturated carbocycles. The lowest BCUT2D eigenvalue weighted by molar-refractivity contribution is 0.129. The predicted molar refractivity (Wildman–Crippen MR) is 98.4 cm³/mol. The highest BCUT2D eigenvalue weighted by atomic mass is 19.1. The molecule has 1 aromatic carbocycles. The first kappa shape index (κ1) is 18.9. The Balaban J connectivity index is 1.48. The van der Waals surface area contributed by atoms with E-state index in [0.29, 0.717) is 32.5 Å². The van der Waals surface area contributed by atoms with E-state index in [1.165, 1.54) is 15.8 Å². The summed E-state index contributed by atoms with van der Waals surface area (Å²) in [5.41, 5.74) is 8.47. The lowest BCUT2D eigenvalue weighted by Gasteiger charge is -2.32. The second-order valence-electron chi connectivity index (χ2n) is 6.92. The van der Waals surface area contributed by atoms with Gasteiger partial charge in [0.1, 0.15) is 11.8 Å². The fraction of sp³-hybridized carbons (Fsp3) is 0.471. The normalized spacial score (nSPS) is 19.9. The number of ether oxygens (including phenoxy) is 1. The highest BCUT2D eigenvalue weighted by Gasteiger charge is 2.34. The number of aromatic nitrogens is 3. The monoisotopic (exact) mass is 404 g/mol. The average Bonchev–Trinajstić information content (AvgIpc) is 3.32. The largest absolute Gasteiger partial charge is 0.442 e. The van der Waals surface area contributed by atoms with Crippen molar-refractivity contribution in [1.82, 2.24) is 15.0 Å². The summed E-state index contributed by atoms with van der Waals surface area (Å²) in [5.74, 6) is -1.51. The molecular formula is C17H18F2N8O2. The van der Waals surface area contributed by atoms with Gasteiger partial charge in [-0.05, 0) is 18.4 Å². The second kappa shape index (κ2) is 7.92. The lowest BCUT2D eigenvalue weighted by atomic mass is 10.0. The van der Waals surface area contributed by atoms with Gasteiger partial charge in [0.2, 0.25) is 0 Å². The zero-order valence-electron chi connectivity index (χ0n) is 15.4. The van der Waals surface area contributed by atoms with Crippen molar-refractivity contribution in [2.75, 3.05) is 29.4 Å². The van der Waals surface area contributed by atoms with Crippen molar-refractivity contribution >= 4 is 17.5 Å². The smallest absolute Gasteiger partial charge is 0.414 e. The third-order valence-electron chi connectivity index (χ3n) is 5.05. The van der Waals surface area contributed by atoms with Crippen molar-refractivity contribution in [2.45, 2.75) is 31.5 Å². The third-order valence-corrected chi connectivity index (χ3v) is 5.05. The molecule has 152 valence electrons.